The summed E-state index contributed by atoms with van der Waals surface area (Å²) in [6.07, 6.45) is 3.78. The largest absolute Gasteiger partial charge is 0.330 e. The number of nitrogens with zero attached hydrogens (tertiary/aromatic N) is 3. The van der Waals surface area contributed by atoms with Crippen molar-refractivity contribution in [3.63, 3.8) is 0 Å². The monoisotopic (exact) mass is 270 g/mol. The van der Waals surface area contributed by atoms with Gasteiger partial charge in [0, 0.05) is 19.6 Å². The lowest BCUT2D eigenvalue weighted by molar-refractivity contribution is 0.188. The Morgan fingerprint density at radius 2 is 2.22 bits per heavy atom. The summed E-state index contributed by atoms with van der Waals surface area (Å²) >= 11 is 6.30. The Hall–Kier alpha value is -0.580. The molecule has 1 heterocycles. The van der Waals surface area contributed by atoms with Crippen LogP contribution < -0.4 is 5.73 Å². The normalized spacial score (nSPS) is 24.1. The fourth-order valence-electron chi connectivity index (χ4n) is 3.08. The van der Waals surface area contributed by atoms with E-state index in [1.54, 1.807) is 0 Å². The molecule has 2 unspecified atom stereocenters. The van der Waals surface area contributed by atoms with Gasteiger partial charge in [0.15, 0.2) is 0 Å². The second kappa shape index (κ2) is 5.59. The van der Waals surface area contributed by atoms with Crippen LogP contribution in [0, 0.1) is 12.8 Å². The first kappa shape index (κ1) is 13.8. The van der Waals surface area contributed by atoms with Gasteiger partial charge in [-0.3, -0.25) is 9.58 Å². The molecule has 0 radical (unpaired) electrons. The van der Waals surface area contributed by atoms with Crippen molar-refractivity contribution in [2.24, 2.45) is 18.7 Å². The first-order valence-corrected chi connectivity index (χ1v) is 7.00. The molecule has 5 heteroatoms. The van der Waals surface area contributed by atoms with Crippen molar-refractivity contribution in [2.75, 3.05) is 13.6 Å². The number of aryl methyl sites for hydroxylation is 2. The second-order valence-electron chi connectivity index (χ2n) is 5.38. The molecular formula is C13H23ClN4. The van der Waals surface area contributed by atoms with Crippen molar-refractivity contribution in [2.45, 2.75) is 38.8 Å². The van der Waals surface area contributed by atoms with Crippen molar-refractivity contribution >= 4 is 11.6 Å². The molecule has 0 saturated heterocycles. The summed E-state index contributed by atoms with van der Waals surface area (Å²) in [6, 6.07) is 0.585. The minimum absolute atomic E-state index is 0.585. The van der Waals surface area contributed by atoms with Gasteiger partial charge in [0.1, 0.15) is 0 Å². The summed E-state index contributed by atoms with van der Waals surface area (Å²) in [4.78, 5) is 2.38. The molecule has 18 heavy (non-hydrogen) atoms. The SMILES string of the molecule is Cc1nn(C)c(CN(C)C2CCCC2CN)c1Cl. The molecular weight excluding hydrogens is 248 g/mol. The molecule has 1 aromatic heterocycles. The lowest BCUT2D eigenvalue weighted by Gasteiger charge is -2.29. The molecule has 0 aromatic carbocycles. The third kappa shape index (κ3) is 2.56. The zero-order chi connectivity index (χ0) is 13.3. The molecule has 1 aromatic rings. The molecule has 2 atom stereocenters. The van der Waals surface area contributed by atoms with E-state index in [1.807, 2.05) is 18.7 Å². The van der Waals surface area contributed by atoms with E-state index in [0.29, 0.717) is 12.0 Å². The van der Waals surface area contributed by atoms with Gasteiger partial charge >= 0.3 is 0 Å². The average molecular weight is 271 g/mol. The summed E-state index contributed by atoms with van der Waals surface area (Å²) in [5, 5.41) is 5.16. The van der Waals surface area contributed by atoms with Crippen LogP contribution in [0.1, 0.15) is 30.7 Å². The van der Waals surface area contributed by atoms with E-state index in [1.165, 1.54) is 19.3 Å². The van der Waals surface area contributed by atoms with Gasteiger partial charge in [-0.05, 0) is 39.3 Å². The van der Waals surface area contributed by atoms with E-state index in [9.17, 15) is 0 Å². The smallest absolute Gasteiger partial charge is 0.0860 e. The maximum absolute atomic E-state index is 6.30. The van der Waals surface area contributed by atoms with Gasteiger partial charge in [0.2, 0.25) is 0 Å². The predicted octanol–water partition coefficient (Wildman–Crippen LogP) is 1.94. The molecule has 0 amide bonds. The first-order chi connectivity index (χ1) is 8.54. The van der Waals surface area contributed by atoms with Crippen molar-refractivity contribution < 1.29 is 0 Å². The molecule has 102 valence electrons. The topological polar surface area (TPSA) is 47.1 Å². The Labute approximate surface area is 114 Å². The van der Waals surface area contributed by atoms with Gasteiger partial charge in [0.25, 0.3) is 0 Å². The van der Waals surface area contributed by atoms with Crippen LogP contribution in [-0.2, 0) is 13.6 Å². The molecule has 0 spiro atoms. The highest BCUT2D eigenvalue weighted by Crippen LogP contribution is 2.30. The van der Waals surface area contributed by atoms with Crippen LogP contribution >= 0.6 is 11.6 Å². The standard InChI is InChI=1S/C13H23ClN4/c1-9-13(14)12(18(3)16-9)8-17(2)11-6-4-5-10(11)7-15/h10-11H,4-8,15H2,1-3H3. The summed E-state index contributed by atoms with van der Waals surface area (Å²) < 4.78 is 1.89. The first-order valence-electron chi connectivity index (χ1n) is 6.62. The summed E-state index contributed by atoms with van der Waals surface area (Å²) in [5.74, 6) is 0.628. The molecule has 2 N–H and O–H groups in total. The summed E-state index contributed by atoms with van der Waals surface area (Å²) in [7, 11) is 4.12. The van der Waals surface area contributed by atoms with E-state index < -0.39 is 0 Å². The van der Waals surface area contributed by atoms with Gasteiger partial charge in [-0.2, -0.15) is 5.10 Å². The minimum atomic E-state index is 0.585. The number of rotatable bonds is 4. The van der Waals surface area contributed by atoms with E-state index in [4.69, 9.17) is 17.3 Å². The van der Waals surface area contributed by atoms with Gasteiger partial charge in [0.05, 0.1) is 16.4 Å². The van der Waals surface area contributed by atoms with Crippen LogP contribution in [0.4, 0.5) is 0 Å². The molecule has 4 nitrogen and oxygen atoms in total. The molecule has 1 fully saturated rings. The third-order valence-electron chi connectivity index (χ3n) is 4.15. The molecule has 2 rings (SSSR count). The number of aromatic nitrogens is 2. The molecule has 1 aliphatic carbocycles. The second-order valence-corrected chi connectivity index (χ2v) is 5.76. The number of hydrogen-bond donors (Lipinski definition) is 1. The zero-order valence-electron chi connectivity index (χ0n) is 11.5. The number of nitrogens with two attached hydrogens (primary N) is 1. The van der Waals surface area contributed by atoms with Crippen LogP contribution in [0.2, 0.25) is 5.02 Å². The zero-order valence-corrected chi connectivity index (χ0v) is 12.2. The highest BCUT2D eigenvalue weighted by molar-refractivity contribution is 6.31. The average Bonchev–Trinajstić information content (AvgIpc) is 2.90. The maximum Gasteiger partial charge on any atom is 0.0860 e. The van der Waals surface area contributed by atoms with Gasteiger partial charge in [-0.25, -0.2) is 0 Å². The third-order valence-corrected chi connectivity index (χ3v) is 4.64. The number of hydrogen-bond acceptors (Lipinski definition) is 3. The lowest BCUT2D eigenvalue weighted by atomic mass is 10.0. The summed E-state index contributed by atoms with van der Waals surface area (Å²) in [6.45, 7) is 3.58. The van der Waals surface area contributed by atoms with E-state index in [2.05, 4.69) is 17.0 Å². The highest BCUT2D eigenvalue weighted by Gasteiger charge is 2.30. The van der Waals surface area contributed by atoms with Gasteiger partial charge in [-0.1, -0.05) is 18.0 Å². The Morgan fingerprint density at radius 3 is 2.78 bits per heavy atom. The van der Waals surface area contributed by atoms with E-state index >= 15 is 0 Å². The van der Waals surface area contributed by atoms with Crippen LogP contribution in [0.5, 0.6) is 0 Å². The molecule has 1 saturated carbocycles. The fourth-order valence-corrected chi connectivity index (χ4v) is 3.30. The quantitative estimate of drug-likeness (QED) is 0.910. The van der Waals surface area contributed by atoms with Crippen LogP contribution in [-0.4, -0.2) is 34.3 Å². The Kier molecular flexibility index (Phi) is 4.30. The Morgan fingerprint density at radius 1 is 1.50 bits per heavy atom. The van der Waals surface area contributed by atoms with Gasteiger partial charge < -0.3 is 5.73 Å². The maximum atomic E-state index is 6.30. The summed E-state index contributed by atoms with van der Waals surface area (Å²) in [5.41, 5.74) is 7.85. The molecule has 1 aliphatic rings. The lowest BCUT2D eigenvalue weighted by Crippen LogP contribution is -2.37. The molecule has 0 bridgehead atoms. The van der Waals surface area contributed by atoms with E-state index in [-0.39, 0.29) is 0 Å². The fraction of sp³-hybridized carbons (Fsp3) is 0.769. The molecule has 0 aliphatic heterocycles. The number of halogens is 1. The van der Waals surface area contributed by atoms with Crippen LogP contribution in [0.3, 0.4) is 0 Å². The van der Waals surface area contributed by atoms with Crippen molar-refractivity contribution in [3.05, 3.63) is 16.4 Å². The van der Waals surface area contributed by atoms with Crippen molar-refractivity contribution in [1.29, 1.82) is 0 Å². The van der Waals surface area contributed by atoms with Crippen molar-refractivity contribution in [3.8, 4) is 0 Å². The van der Waals surface area contributed by atoms with Crippen LogP contribution in [0.15, 0.2) is 0 Å². The van der Waals surface area contributed by atoms with Crippen LogP contribution in [0.25, 0.3) is 0 Å². The minimum Gasteiger partial charge on any atom is -0.330 e. The van der Waals surface area contributed by atoms with E-state index in [0.717, 1.165) is 29.5 Å². The van der Waals surface area contributed by atoms with Gasteiger partial charge in [-0.15, -0.1) is 0 Å². The Bertz CT molecular complexity index is 415. The predicted molar refractivity (Wildman–Crippen MR) is 74.6 cm³/mol. The van der Waals surface area contributed by atoms with Crippen molar-refractivity contribution in [1.82, 2.24) is 14.7 Å². The Balaban J connectivity index is 2.09. The highest BCUT2D eigenvalue weighted by atomic mass is 35.5.